The highest BCUT2D eigenvalue weighted by molar-refractivity contribution is 6.50. The number of hydrogen-bond acceptors (Lipinski definition) is 7. The molecule has 0 saturated carbocycles. The minimum atomic E-state index is -4.82. The van der Waals surface area contributed by atoms with Crippen molar-refractivity contribution in [3.05, 3.63) is 83.6 Å². The molecule has 2 fully saturated rings. The summed E-state index contributed by atoms with van der Waals surface area (Å²) in [6, 6.07) is 20.4. The number of nitrogen functional groups attached to an aromatic ring is 1. The summed E-state index contributed by atoms with van der Waals surface area (Å²) in [4.78, 5) is 22.3. The average molecular weight is 589 g/mol. The first-order valence-electron chi connectivity index (χ1n) is 14.2. The van der Waals surface area contributed by atoms with Crippen molar-refractivity contribution in [2.75, 3.05) is 30.3 Å². The Morgan fingerprint density at radius 1 is 0.977 bits per heavy atom. The highest BCUT2D eigenvalue weighted by Gasteiger charge is 2.39. The van der Waals surface area contributed by atoms with Gasteiger partial charge >= 0.3 is 6.18 Å². The molecule has 0 bridgehead atoms. The zero-order valence-corrected chi connectivity index (χ0v) is 23.4. The van der Waals surface area contributed by atoms with E-state index in [0.29, 0.717) is 16.7 Å². The van der Waals surface area contributed by atoms with Crippen molar-refractivity contribution >= 4 is 39.8 Å². The van der Waals surface area contributed by atoms with Crippen LogP contribution in [0.25, 0.3) is 22.1 Å². The van der Waals surface area contributed by atoms with Crippen LogP contribution >= 0.6 is 0 Å². The van der Waals surface area contributed by atoms with Crippen molar-refractivity contribution in [1.29, 1.82) is 0 Å². The van der Waals surface area contributed by atoms with Crippen LogP contribution in [0.3, 0.4) is 0 Å². The highest BCUT2D eigenvalue weighted by Crippen LogP contribution is 2.34. The van der Waals surface area contributed by atoms with Crippen molar-refractivity contribution in [2.45, 2.75) is 38.4 Å². The largest absolute Gasteiger partial charge is 0.431 e. The van der Waals surface area contributed by atoms with Crippen LogP contribution in [0.1, 0.15) is 31.2 Å². The lowest BCUT2D eigenvalue weighted by molar-refractivity contribution is -0.112. The van der Waals surface area contributed by atoms with E-state index in [1.165, 1.54) is 35.4 Å². The van der Waals surface area contributed by atoms with E-state index in [-0.39, 0.29) is 42.2 Å². The SMILES string of the molecule is NC(=C1CCCN(c2ccc(-c3ccccc3CN3CCCC3)cc2)C(=O)C1=Nc1ccc2onc(N)c2c1)C(F)(F)F. The Labute approximate surface area is 246 Å². The molecule has 2 aliphatic rings. The summed E-state index contributed by atoms with van der Waals surface area (Å²) < 4.78 is 46.5. The molecule has 0 unspecified atom stereocenters. The molecule has 0 spiro atoms. The number of hydrogen-bond donors (Lipinski definition) is 2. The molecule has 1 aromatic heterocycles. The maximum atomic E-state index is 14.0. The first kappa shape index (κ1) is 28.5. The molecule has 4 N–H and O–H groups in total. The molecule has 4 aromatic rings. The molecule has 0 radical (unpaired) electrons. The monoisotopic (exact) mass is 588 g/mol. The number of rotatable bonds is 5. The van der Waals surface area contributed by atoms with Crippen LogP contribution in [0.4, 0.5) is 30.4 Å². The molecule has 0 atom stereocenters. The molecule has 1 amide bonds. The van der Waals surface area contributed by atoms with Crippen LogP contribution in [-0.2, 0) is 11.3 Å². The number of carbonyl (C=O) groups is 1. The third-order valence-electron chi connectivity index (χ3n) is 7.99. The van der Waals surface area contributed by atoms with E-state index in [9.17, 15) is 18.0 Å². The van der Waals surface area contributed by atoms with E-state index in [1.54, 1.807) is 6.07 Å². The second-order valence-electron chi connectivity index (χ2n) is 10.8. The minimum Gasteiger partial charge on any atom is -0.394 e. The fraction of sp³-hybridized carbons (Fsp3) is 0.281. The van der Waals surface area contributed by atoms with Crippen molar-refractivity contribution in [3.63, 3.8) is 0 Å². The van der Waals surface area contributed by atoms with E-state index < -0.39 is 17.8 Å². The molecule has 8 nitrogen and oxygen atoms in total. The summed E-state index contributed by atoms with van der Waals surface area (Å²) in [7, 11) is 0. The summed E-state index contributed by atoms with van der Waals surface area (Å²) in [5, 5.41) is 4.14. The Kier molecular flexibility index (Phi) is 7.66. The third-order valence-corrected chi connectivity index (χ3v) is 7.99. The van der Waals surface area contributed by atoms with Crippen molar-refractivity contribution < 1.29 is 22.5 Å². The molecule has 43 heavy (non-hydrogen) atoms. The summed E-state index contributed by atoms with van der Waals surface area (Å²) in [5.74, 6) is -0.557. The summed E-state index contributed by atoms with van der Waals surface area (Å²) in [6.45, 7) is 3.24. The van der Waals surface area contributed by atoms with Gasteiger partial charge in [0, 0.05) is 24.4 Å². The maximum absolute atomic E-state index is 14.0. The predicted octanol–water partition coefficient (Wildman–Crippen LogP) is 6.35. The molecule has 3 heterocycles. The number of amides is 1. The third kappa shape index (κ3) is 5.85. The molecular weight excluding hydrogens is 557 g/mol. The molecule has 2 aliphatic heterocycles. The molecule has 2 saturated heterocycles. The fourth-order valence-electron chi connectivity index (χ4n) is 5.77. The second kappa shape index (κ2) is 11.6. The molecule has 11 heteroatoms. The molecule has 0 aliphatic carbocycles. The van der Waals surface area contributed by atoms with Gasteiger partial charge in [-0.25, -0.2) is 4.99 Å². The molecule has 6 rings (SSSR count). The zero-order valence-electron chi connectivity index (χ0n) is 23.4. The fourth-order valence-corrected chi connectivity index (χ4v) is 5.77. The minimum absolute atomic E-state index is 0.0635. The van der Waals surface area contributed by atoms with E-state index in [0.717, 1.165) is 30.8 Å². The number of benzene rings is 3. The van der Waals surface area contributed by atoms with Gasteiger partial charge in [0.2, 0.25) is 0 Å². The number of nitrogens with two attached hydrogens (primary N) is 2. The standard InChI is InChI=1S/C32H31F3N6O2/c33-32(34,35)29(36)25-8-5-17-41(31(42)28(25)38-22-11-14-27-26(18-22)30(37)39-43-27)23-12-9-20(10-13-23)24-7-2-1-6-21(24)19-40-15-3-4-16-40/h1-2,6-7,9-14,18H,3-5,8,15-17,19,36H2,(H2,37,39). The lowest BCUT2D eigenvalue weighted by atomic mass is 9.99. The Bertz CT molecular complexity index is 1720. The van der Waals surface area contributed by atoms with Gasteiger partial charge in [-0.05, 0) is 85.8 Å². The second-order valence-corrected chi connectivity index (χ2v) is 10.8. The number of alkyl halides is 3. The number of fused-ring (bicyclic) bond motifs is 1. The topological polar surface area (TPSA) is 114 Å². The maximum Gasteiger partial charge on any atom is 0.431 e. The van der Waals surface area contributed by atoms with Gasteiger partial charge in [0.25, 0.3) is 5.91 Å². The Morgan fingerprint density at radius 2 is 1.72 bits per heavy atom. The molecule has 222 valence electrons. The van der Waals surface area contributed by atoms with Gasteiger partial charge in [0.15, 0.2) is 11.4 Å². The molecular formula is C32H31F3N6O2. The van der Waals surface area contributed by atoms with E-state index >= 15 is 0 Å². The van der Waals surface area contributed by atoms with E-state index in [4.69, 9.17) is 16.0 Å². The van der Waals surface area contributed by atoms with Gasteiger partial charge in [0.1, 0.15) is 11.4 Å². The van der Waals surface area contributed by atoms with Crippen molar-refractivity contribution in [1.82, 2.24) is 10.1 Å². The number of carbonyl (C=O) groups excluding carboxylic acids is 1. The van der Waals surface area contributed by atoms with Crippen LogP contribution in [0.5, 0.6) is 0 Å². The van der Waals surface area contributed by atoms with Gasteiger partial charge in [-0.15, -0.1) is 0 Å². The normalized spacial score (nSPS) is 18.9. The predicted molar refractivity (Wildman–Crippen MR) is 161 cm³/mol. The Morgan fingerprint density at radius 3 is 2.47 bits per heavy atom. The number of nitrogens with zero attached hydrogens (tertiary/aromatic N) is 4. The average Bonchev–Trinajstić information content (AvgIpc) is 3.61. The first-order valence-corrected chi connectivity index (χ1v) is 14.2. The lowest BCUT2D eigenvalue weighted by Crippen LogP contribution is -2.37. The van der Waals surface area contributed by atoms with Crippen LogP contribution < -0.4 is 16.4 Å². The van der Waals surface area contributed by atoms with Crippen LogP contribution in [-0.4, -0.2) is 47.5 Å². The van der Waals surface area contributed by atoms with Crippen LogP contribution in [0.15, 0.2) is 87.5 Å². The number of anilines is 2. The smallest absolute Gasteiger partial charge is 0.394 e. The zero-order chi connectivity index (χ0) is 30.1. The van der Waals surface area contributed by atoms with Gasteiger partial charge in [-0.3, -0.25) is 9.69 Å². The lowest BCUT2D eigenvalue weighted by Gasteiger charge is -2.22. The van der Waals surface area contributed by atoms with Crippen LogP contribution in [0, 0.1) is 0 Å². The van der Waals surface area contributed by atoms with Gasteiger partial charge in [-0.2, -0.15) is 13.2 Å². The van der Waals surface area contributed by atoms with Crippen molar-refractivity contribution in [2.24, 2.45) is 10.7 Å². The highest BCUT2D eigenvalue weighted by atomic mass is 19.4. The summed E-state index contributed by atoms with van der Waals surface area (Å²) >= 11 is 0. The van der Waals surface area contributed by atoms with Gasteiger partial charge < -0.3 is 20.9 Å². The number of likely N-dealkylation sites (tertiary alicyclic amines) is 1. The van der Waals surface area contributed by atoms with E-state index in [1.807, 2.05) is 36.4 Å². The summed E-state index contributed by atoms with van der Waals surface area (Å²) in [5.41, 5.74) is 13.9. The van der Waals surface area contributed by atoms with E-state index in [2.05, 4.69) is 27.2 Å². The number of halogens is 3. The van der Waals surface area contributed by atoms with Crippen molar-refractivity contribution in [3.8, 4) is 11.1 Å². The quantitative estimate of drug-likeness (QED) is 0.281. The number of allylic oxidation sites excluding steroid dienone is 1. The number of aliphatic imine (C=N–C) groups is 1. The molecule has 3 aromatic carbocycles. The van der Waals surface area contributed by atoms with Crippen LogP contribution in [0.2, 0.25) is 0 Å². The number of aromatic nitrogens is 1. The van der Waals surface area contributed by atoms with Gasteiger partial charge in [-0.1, -0.05) is 41.6 Å². The summed E-state index contributed by atoms with van der Waals surface area (Å²) in [6.07, 6.45) is -2.19. The Hall–Kier alpha value is -4.64. The van der Waals surface area contributed by atoms with Gasteiger partial charge in [0.05, 0.1) is 11.1 Å². The first-order chi connectivity index (χ1) is 20.7. The Balaban J connectivity index is 1.35.